The average Bonchev–Trinajstić information content (AvgIpc) is 2.04. The molecule has 0 radical (unpaired) electrons. The van der Waals surface area contributed by atoms with E-state index in [1.54, 1.807) is 0 Å². The van der Waals surface area contributed by atoms with E-state index in [0.29, 0.717) is 6.42 Å². The van der Waals surface area contributed by atoms with Crippen LogP contribution in [-0.2, 0) is 4.79 Å². The van der Waals surface area contributed by atoms with Gasteiger partial charge in [0.25, 0.3) is 0 Å². The zero-order valence-electron chi connectivity index (χ0n) is 8.85. The minimum atomic E-state index is -0.511. The van der Waals surface area contributed by atoms with Crippen molar-refractivity contribution < 1.29 is 4.79 Å². The standard InChI is InChI=1S/C9H19N3O/c1-5-6-8(13)11-7(2)9(3,4)12-10/h7,10H,5-6H2,1-4H3,(H,11,13)/t7-/m1/s1. The van der Waals surface area contributed by atoms with Gasteiger partial charge in [-0.25, -0.2) is 5.53 Å². The van der Waals surface area contributed by atoms with Crippen LogP contribution in [0, 0.1) is 5.53 Å². The maximum absolute atomic E-state index is 11.2. The summed E-state index contributed by atoms with van der Waals surface area (Å²) in [6.45, 7) is 7.49. The number of carbonyl (C=O) groups excluding carboxylic acids is 1. The lowest BCUT2D eigenvalue weighted by Gasteiger charge is -2.26. The molecule has 2 N–H and O–H groups in total. The van der Waals surface area contributed by atoms with Gasteiger partial charge in [0.1, 0.15) is 0 Å². The van der Waals surface area contributed by atoms with Crippen molar-refractivity contribution in [1.82, 2.24) is 5.32 Å². The summed E-state index contributed by atoms with van der Waals surface area (Å²) in [5.41, 5.74) is 6.45. The van der Waals surface area contributed by atoms with E-state index < -0.39 is 5.54 Å². The molecule has 0 rings (SSSR count). The minimum absolute atomic E-state index is 0.0340. The van der Waals surface area contributed by atoms with Crippen LogP contribution in [0.5, 0.6) is 0 Å². The number of amides is 1. The van der Waals surface area contributed by atoms with Gasteiger partial charge in [-0.1, -0.05) is 6.92 Å². The molecule has 1 amide bonds. The Kier molecular flexibility index (Phi) is 4.59. The Bertz CT molecular complexity index is 189. The van der Waals surface area contributed by atoms with E-state index in [1.165, 1.54) is 0 Å². The third kappa shape index (κ3) is 4.01. The summed E-state index contributed by atoms with van der Waals surface area (Å²) in [6, 6.07) is -0.0935. The molecule has 0 aliphatic heterocycles. The first-order chi connectivity index (χ1) is 5.94. The van der Waals surface area contributed by atoms with Gasteiger partial charge in [-0.3, -0.25) is 4.79 Å². The largest absolute Gasteiger partial charge is 0.351 e. The van der Waals surface area contributed by atoms with Crippen LogP contribution in [0.2, 0.25) is 0 Å². The topological polar surface area (TPSA) is 65.3 Å². The fourth-order valence-electron chi connectivity index (χ4n) is 0.814. The lowest BCUT2D eigenvalue weighted by atomic mass is 9.97. The Morgan fingerprint density at radius 3 is 2.54 bits per heavy atom. The summed E-state index contributed by atoms with van der Waals surface area (Å²) in [5, 5.41) is 6.29. The molecule has 0 aliphatic rings. The lowest BCUT2D eigenvalue weighted by molar-refractivity contribution is -0.122. The van der Waals surface area contributed by atoms with E-state index in [4.69, 9.17) is 5.53 Å². The number of nitrogens with one attached hydrogen (secondary N) is 2. The maximum Gasteiger partial charge on any atom is 0.220 e. The van der Waals surface area contributed by atoms with Crippen LogP contribution in [0.4, 0.5) is 0 Å². The highest BCUT2D eigenvalue weighted by Gasteiger charge is 2.25. The predicted molar refractivity (Wildman–Crippen MR) is 51.7 cm³/mol. The first-order valence-corrected chi connectivity index (χ1v) is 4.62. The number of carbonyl (C=O) groups is 1. The highest BCUT2D eigenvalue weighted by molar-refractivity contribution is 5.76. The van der Waals surface area contributed by atoms with Crippen molar-refractivity contribution >= 4 is 5.91 Å². The van der Waals surface area contributed by atoms with Crippen molar-refractivity contribution in [3.8, 4) is 0 Å². The molecule has 0 aromatic rings. The van der Waals surface area contributed by atoms with Crippen LogP contribution in [0.3, 0.4) is 0 Å². The first-order valence-electron chi connectivity index (χ1n) is 4.62. The smallest absolute Gasteiger partial charge is 0.220 e. The maximum atomic E-state index is 11.2. The first kappa shape index (κ1) is 12.1. The van der Waals surface area contributed by atoms with Crippen molar-refractivity contribution in [1.29, 1.82) is 5.53 Å². The van der Waals surface area contributed by atoms with E-state index in [-0.39, 0.29) is 11.9 Å². The van der Waals surface area contributed by atoms with Crippen molar-refractivity contribution in [2.45, 2.75) is 52.1 Å². The van der Waals surface area contributed by atoms with Crippen molar-refractivity contribution in [2.75, 3.05) is 0 Å². The number of rotatable bonds is 5. The molecule has 0 unspecified atom stereocenters. The van der Waals surface area contributed by atoms with E-state index in [1.807, 2.05) is 27.7 Å². The van der Waals surface area contributed by atoms with Crippen molar-refractivity contribution in [3.05, 3.63) is 0 Å². The molecule has 0 aromatic heterocycles. The monoisotopic (exact) mass is 185 g/mol. The molecule has 13 heavy (non-hydrogen) atoms. The van der Waals surface area contributed by atoms with E-state index >= 15 is 0 Å². The molecule has 0 spiro atoms. The molecule has 0 bridgehead atoms. The third-order valence-corrected chi connectivity index (χ3v) is 2.20. The van der Waals surface area contributed by atoms with Crippen molar-refractivity contribution in [2.24, 2.45) is 5.11 Å². The van der Waals surface area contributed by atoms with Gasteiger partial charge in [0.05, 0.1) is 11.6 Å². The molecule has 4 heteroatoms. The zero-order valence-corrected chi connectivity index (χ0v) is 8.85. The average molecular weight is 185 g/mol. The van der Waals surface area contributed by atoms with Gasteiger partial charge in [-0.05, 0) is 27.2 Å². The molecule has 0 saturated carbocycles. The molecular formula is C9H19N3O. The number of nitrogens with zero attached hydrogens (tertiary/aromatic N) is 1. The third-order valence-electron chi connectivity index (χ3n) is 2.20. The van der Waals surface area contributed by atoms with E-state index in [2.05, 4.69) is 10.4 Å². The van der Waals surface area contributed by atoms with Gasteiger partial charge >= 0.3 is 0 Å². The Morgan fingerprint density at radius 2 is 2.15 bits per heavy atom. The molecule has 1 atom stereocenters. The molecule has 0 fully saturated rings. The van der Waals surface area contributed by atoms with Gasteiger partial charge in [-0.2, -0.15) is 5.11 Å². The van der Waals surface area contributed by atoms with Gasteiger partial charge in [-0.15, -0.1) is 0 Å². The van der Waals surface area contributed by atoms with Gasteiger partial charge in [0.2, 0.25) is 5.91 Å². The SMILES string of the molecule is CCCC(=O)N[C@H](C)C(C)(C)N=N. The van der Waals surface area contributed by atoms with Crippen molar-refractivity contribution in [3.63, 3.8) is 0 Å². The fourth-order valence-corrected chi connectivity index (χ4v) is 0.814. The van der Waals surface area contributed by atoms with Gasteiger partial charge < -0.3 is 5.32 Å². The molecule has 0 aliphatic carbocycles. The highest BCUT2D eigenvalue weighted by atomic mass is 16.1. The highest BCUT2D eigenvalue weighted by Crippen LogP contribution is 2.13. The zero-order chi connectivity index (χ0) is 10.5. The second kappa shape index (κ2) is 4.94. The fraction of sp³-hybridized carbons (Fsp3) is 0.889. The van der Waals surface area contributed by atoms with Gasteiger partial charge in [0, 0.05) is 6.42 Å². The van der Waals surface area contributed by atoms with E-state index in [9.17, 15) is 4.79 Å². The number of hydrogen-bond donors (Lipinski definition) is 2. The molecule has 0 aromatic carbocycles. The molecule has 0 saturated heterocycles. The van der Waals surface area contributed by atoms with Crippen LogP contribution in [0.1, 0.15) is 40.5 Å². The molecule has 76 valence electrons. The quantitative estimate of drug-likeness (QED) is 0.633. The Hall–Kier alpha value is -0.930. The minimum Gasteiger partial charge on any atom is -0.351 e. The second-order valence-electron chi connectivity index (χ2n) is 3.80. The van der Waals surface area contributed by atoms with Crippen LogP contribution in [0.15, 0.2) is 5.11 Å². The molecular weight excluding hydrogens is 166 g/mol. The summed E-state index contributed by atoms with van der Waals surface area (Å²) in [5.74, 6) is 0.0340. The predicted octanol–water partition coefficient (Wildman–Crippen LogP) is 2.10. The Labute approximate surface area is 79.6 Å². The summed E-state index contributed by atoms with van der Waals surface area (Å²) < 4.78 is 0. The second-order valence-corrected chi connectivity index (χ2v) is 3.80. The summed E-state index contributed by atoms with van der Waals surface area (Å²) in [7, 11) is 0. The molecule has 4 nitrogen and oxygen atoms in total. The van der Waals surface area contributed by atoms with Crippen LogP contribution < -0.4 is 5.32 Å². The van der Waals surface area contributed by atoms with Crippen LogP contribution in [-0.4, -0.2) is 17.5 Å². The lowest BCUT2D eigenvalue weighted by Crippen LogP contribution is -2.45. The Balaban J connectivity index is 4.06. The van der Waals surface area contributed by atoms with E-state index in [0.717, 1.165) is 6.42 Å². The Morgan fingerprint density at radius 1 is 1.62 bits per heavy atom. The molecule has 0 heterocycles. The van der Waals surface area contributed by atoms with Gasteiger partial charge in [0.15, 0.2) is 0 Å². The summed E-state index contributed by atoms with van der Waals surface area (Å²) in [4.78, 5) is 11.2. The normalized spacial score (nSPS) is 13.5. The summed E-state index contributed by atoms with van der Waals surface area (Å²) in [6.07, 6.45) is 1.38. The summed E-state index contributed by atoms with van der Waals surface area (Å²) >= 11 is 0. The number of hydrogen-bond acceptors (Lipinski definition) is 3. The van der Waals surface area contributed by atoms with Crippen LogP contribution in [0.25, 0.3) is 0 Å². The van der Waals surface area contributed by atoms with Crippen LogP contribution >= 0.6 is 0 Å².